The molecule has 1 fully saturated rings. The Balaban J connectivity index is 1.62. The molecule has 1 saturated heterocycles. The van der Waals surface area contributed by atoms with Crippen molar-refractivity contribution in [1.82, 2.24) is 24.3 Å². The van der Waals surface area contributed by atoms with Gasteiger partial charge in [0.25, 0.3) is 12.0 Å². The fourth-order valence-electron chi connectivity index (χ4n) is 6.12. The molecule has 5 aromatic rings. The van der Waals surface area contributed by atoms with Gasteiger partial charge in [0.2, 0.25) is 10.0 Å². The number of rotatable bonds is 9. The number of hydrogen-bond donors (Lipinski definition) is 2. The van der Waals surface area contributed by atoms with E-state index in [-0.39, 0.29) is 68.5 Å². The number of nitrogens with one attached hydrogen (secondary N) is 1. The summed E-state index contributed by atoms with van der Waals surface area (Å²) in [4.78, 5) is 25.8. The predicted octanol–water partition coefficient (Wildman–Crippen LogP) is 4.55. The minimum atomic E-state index is -3.95. The maximum Gasteiger partial charge on any atom is 0.267 e. The van der Waals surface area contributed by atoms with Crippen LogP contribution in [0.5, 0.6) is 0 Å². The van der Waals surface area contributed by atoms with Crippen molar-refractivity contribution in [3.63, 3.8) is 0 Å². The number of fused-ring (bicyclic) bond motifs is 2. The normalized spacial score (nSPS) is 17.7. The summed E-state index contributed by atoms with van der Waals surface area (Å²) < 4.78 is 90.3. The van der Waals surface area contributed by atoms with E-state index < -0.39 is 46.2 Å². The van der Waals surface area contributed by atoms with Crippen LogP contribution in [-0.2, 0) is 27.7 Å². The van der Waals surface area contributed by atoms with Crippen molar-refractivity contribution in [3.8, 4) is 5.69 Å². The van der Waals surface area contributed by atoms with Crippen LogP contribution >= 0.6 is 11.6 Å². The fourth-order valence-corrected chi connectivity index (χ4v) is 6.86. The Morgan fingerprint density at radius 2 is 1.73 bits per heavy atom. The van der Waals surface area contributed by atoms with Crippen LogP contribution in [0, 0.1) is 11.6 Å². The molecule has 0 aliphatic carbocycles. The van der Waals surface area contributed by atoms with E-state index in [4.69, 9.17) is 27.1 Å². The summed E-state index contributed by atoms with van der Waals surface area (Å²) in [5, 5.41) is 4.01. The average Bonchev–Trinajstić information content (AvgIpc) is 3.32. The highest BCUT2D eigenvalue weighted by atomic mass is 35.5. The average molecular weight is 723 g/mol. The van der Waals surface area contributed by atoms with Gasteiger partial charge in [0.1, 0.15) is 29.8 Å². The summed E-state index contributed by atoms with van der Waals surface area (Å²) >= 11 is 6.49. The number of halogens is 5. The second-order valence-corrected chi connectivity index (χ2v) is 14.1. The van der Waals surface area contributed by atoms with E-state index in [0.717, 1.165) is 27.6 Å². The van der Waals surface area contributed by atoms with Gasteiger partial charge in [0, 0.05) is 19.2 Å². The van der Waals surface area contributed by atoms with E-state index in [1.807, 2.05) is 18.7 Å². The summed E-state index contributed by atoms with van der Waals surface area (Å²) in [5.41, 5.74) is 5.95. The van der Waals surface area contributed by atoms with E-state index in [2.05, 4.69) is 14.8 Å². The summed E-state index contributed by atoms with van der Waals surface area (Å²) in [7, 11) is -3.95. The molecule has 0 unspecified atom stereocenters. The molecular weight excluding hydrogens is 692 g/mol. The molecule has 3 N–H and O–H groups in total. The van der Waals surface area contributed by atoms with Crippen LogP contribution in [0.15, 0.2) is 47.3 Å². The first-order chi connectivity index (χ1) is 23.1. The lowest BCUT2D eigenvalue weighted by atomic mass is 10.0. The standard InChI is InChI=1S/C31H31ClF4N8O4S/c1-15-12-42(13-16(2)48-15)25-7-4-20-28(38-25)39-30(22(37)10-17-8-18(33)11-19(34)9-17)44(31(20)45)23-6-5-21(32)26-27(23)43(14-24(35)36)40-29(26)41-49(3,46)47/h4-9,11,15-16,22,24H,10,12-14,37H2,1-3H3,(H,40,41)/t15-,16+,22-/m0/s1. The van der Waals surface area contributed by atoms with Crippen LogP contribution in [0.1, 0.15) is 31.3 Å². The number of hydrogen-bond acceptors (Lipinski definition) is 9. The molecule has 6 rings (SSSR count). The van der Waals surface area contributed by atoms with Crippen molar-refractivity contribution in [3.05, 3.63) is 80.9 Å². The molecule has 0 spiro atoms. The first kappa shape index (κ1) is 34.5. The third kappa shape index (κ3) is 7.20. The molecule has 49 heavy (non-hydrogen) atoms. The number of aromatic nitrogens is 5. The Labute approximate surface area is 282 Å². The zero-order valence-corrected chi connectivity index (χ0v) is 27.9. The van der Waals surface area contributed by atoms with E-state index >= 15 is 0 Å². The lowest BCUT2D eigenvalue weighted by Gasteiger charge is -2.36. The van der Waals surface area contributed by atoms with Gasteiger partial charge in [-0.15, -0.1) is 0 Å². The van der Waals surface area contributed by atoms with Crippen LogP contribution < -0.4 is 20.9 Å². The summed E-state index contributed by atoms with van der Waals surface area (Å²) in [6.45, 7) is 3.91. The largest absolute Gasteiger partial charge is 0.372 e. The molecule has 4 heterocycles. The number of benzene rings is 2. The van der Waals surface area contributed by atoms with Gasteiger partial charge in [-0.25, -0.2) is 35.9 Å². The first-order valence-corrected chi connectivity index (χ1v) is 17.3. The maximum atomic E-state index is 14.5. The van der Waals surface area contributed by atoms with E-state index in [1.54, 1.807) is 6.07 Å². The second-order valence-electron chi connectivity index (χ2n) is 12.0. The van der Waals surface area contributed by atoms with Gasteiger partial charge < -0.3 is 15.4 Å². The van der Waals surface area contributed by atoms with Gasteiger partial charge in [-0.05, 0) is 62.2 Å². The summed E-state index contributed by atoms with van der Waals surface area (Å²) in [5.74, 6) is -1.62. The van der Waals surface area contributed by atoms with E-state index in [0.29, 0.717) is 25.0 Å². The second kappa shape index (κ2) is 13.2. The Hall–Kier alpha value is -4.32. The molecule has 12 nitrogen and oxygen atoms in total. The lowest BCUT2D eigenvalue weighted by molar-refractivity contribution is -0.00544. The molecule has 0 bridgehead atoms. The monoisotopic (exact) mass is 722 g/mol. The molecule has 18 heteroatoms. The zero-order chi connectivity index (χ0) is 35.4. The zero-order valence-electron chi connectivity index (χ0n) is 26.4. The molecular formula is C31H31ClF4N8O4S. The highest BCUT2D eigenvalue weighted by molar-refractivity contribution is 7.92. The number of sulfonamides is 1. The number of nitrogens with zero attached hydrogens (tertiary/aromatic N) is 6. The highest BCUT2D eigenvalue weighted by Crippen LogP contribution is 2.36. The number of ether oxygens (including phenoxy) is 1. The molecule has 1 aliphatic rings. The molecule has 260 valence electrons. The van der Waals surface area contributed by atoms with Gasteiger partial charge in [-0.1, -0.05) is 11.6 Å². The summed E-state index contributed by atoms with van der Waals surface area (Å²) in [6.07, 6.45) is -2.47. The Bertz CT molecular complexity index is 2220. The Kier molecular flexibility index (Phi) is 9.29. The molecule has 3 atom stereocenters. The fraction of sp³-hybridized carbons (Fsp3) is 0.355. The Morgan fingerprint density at radius 3 is 2.37 bits per heavy atom. The number of morpholine rings is 1. The van der Waals surface area contributed by atoms with Gasteiger partial charge in [0.15, 0.2) is 11.5 Å². The van der Waals surface area contributed by atoms with Crippen LogP contribution in [0.25, 0.3) is 27.6 Å². The predicted molar refractivity (Wildman–Crippen MR) is 177 cm³/mol. The number of anilines is 2. The van der Waals surface area contributed by atoms with Crippen LogP contribution in [-0.4, -0.2) is 70.7 Å². The van der Waals surface area contributed by atoms with E-state index in [1.165, 1.54) is 18.2 Å². The maximum absolute atomic E-state index is 14.5. The van der Waals surface area contributed by atoms with Crippen molar-refractivity contribution in [2.24, 2.45) is 5.73 Å². The quantitative estimate of drug-likeness (QED) is 0.209. The number of nitrogens with two attached hydrogens (primary N) is 1. The SMILES string of the molecule is C[C@@H]1CN(c2ccc3c(=O)n(-c4ccc(Cl)c5c(NS(C)(=O)=O)nn(CC(F)F)c45)c([C@@H](N)Cc4cc(F)cc(F)c4)nc3n2)C[C@H](C)O1. The smallest absolute Gasteiger partial charge is 0.267 e. The van der Waals surface area contributed by atoms with Crippen molar-refractivity contribution >= 4 is 55.2 Å². The Morgan fingerprint density at radius 1 is 1.06 bits per heavy atom. The van der Waals surface area contributed by atoms with Crippen LogP contribution in [0.3, 0.4) is 0 Å². The minimum Gasteiger partial charge on any atom is -0.372 e. The number of alkyl halides is 2. The molecule has 0 saturated carbocycles. The van der Waals surface area contributed by atoms with Crippen LogP contribution in [0.4, 0.5) is 29.2 Å². The lowest BCUT2D eigenvalue weighted by Crippen LogP contribution is -2.45. The molecule has 0 radical (unpaired) electrons. The van der Waals surface area contributed by atoms with Crippen LogP contribution in [0.2, 0.25) is 5.02 Å². The molecule has 0 amide bonds. The van der Waals surface area contributed by atoms with E-state index in [9.17, 15) is 30.8 Å². The first-order valence-electron chi connectivity index (χ1n) is 15.1. The van der Waals surface area contributed by atoms with Gasteiger partial charge >= 0.3 is 0 Å². The van der Waals surface area contributed by atoms with Gasteiger partial charge in [0.05, 0.1) is 51.5 Å². The molecule has 2 aromatic carbocycles. The van der Waals surface area contributed by atoms with Crippen molar-refractivity contribution in [2.45, 2.75) is 51.5 Å². The third-order valence-corrected chi connectivity index (χ3v) is 8.73. The third-order valence-electron chi connectivity index (χ3n) is 7.85. The highest BCUT2D eigenvalue weighted by Gasteiger charge is 2.28. The van der Waals surface area contributed by atoms with Crippen molar-refractivity contribution in [1.29, 1.82) is 0 Å². The summed E-state index contributed by atoms with van der Waals surface area (Å²) in [6, 6.07) is 7.58. The van der Waals surface area contributed by atoms with Gasteiger partial charge in [-0.3, -0.25) is 18.8 Å². The molecule has 3 aromatic heterocycles. The van der Waals surface area contributed by atoms with Crippen molar-refractivity contribution < 1.29 is 30.7 Å². The number of pyridine rings is 1. The van der Waals surface area contributed by atoms with Gasteiger partial charge in [-0.2, -0.15) is 5.10 Å². The minimum absolute atomic E-state index is 0.0205. The topological polar surface area (TPSA) is 150 Å². The molecule has 1 aliphatic heterocycles. The van der Waals surface area contributed by atoms with Crippen molar-refractivity contribution in [2.75, 3.05) is 29.0 Å².